The molecule has 2 amide bonds. The molecule has 2 N–H and O–H groups in total. The summed E-state index contributed by atoms with van der Waals surface area (Å²) in [6, 6.07) is 10.5. The Morgan fingerprint density at radius 3 is 2.43 bits per heavy atom. The summed E-state index contributed by atoms with van der Waals surface area (Å²) in [4.78, 5) is 28.7. The number of hydrogen-bond acceptors (Lipinski definition) is 6. The predicted molar refractivity (Wildman–Crippen MR) is 97.9 cm³/mol. The van der Waals surface area contributed by atoms with E-state index in [2.05, 4.69) is 15.6 Å². The summed E-state index contributed by atoms with van der Waals surface area (Å²) >= 11 is 0. The van der Waals surface area contributed by atoms with Gasteiger partial charge in [-0.2, -0.15) is 0 Å². The van der Waals surface area contributed by atoms with Crippen LogP contribution in [0.25, 0.3) is 0 Å². The van der Waals surface area contributed by atoms with E-state index in [1.807, 2.05) is 12.1 Å². The third-order valence-corrected chi connectivity index (χ3v) is 4.16. The molecule has 0 radical (unpaired) electrons. The number of fused-ring (bicyclic) bond motifs is 1. The van der Waals surface area contributed by atoms with E-state index < -0.39 is 0 Å². The summed E-state index contributed by atoms with van der Waals surface area (Å²) in [5, 5.41) is 5.52. The van der Waals surface area contributed by atoms with Crippen molar-refractivity contribution in [3.05, 3.63) is 77.5 Å². The fraction of sp³-hybridized carbons (Fsp3) is 0.150. The van der Waals surface area contributed by atoms with E-state index >= 15 is 0 Å². The molecule has 0 fully saturated rings. The number of furan rings is 1. The minimum Gasteiger partial charge on any atom is -0.467 e. The van der Waals surface area contributed by atoms with Crippen molar-refractivity contribution in [2.24, 2.45) is 0 Å². The van der Waals surface area contributed by atoms with Crippen LogP contribution in [-0.2, 0) is 13.1 Å². The number of rotatable bonds is 6. The monoisotopic (exact) mass is 379 g/mol. The van der Waals surface area contributed by atoms with Gasteiger partial charge >= 0.3 is 0 Å². The second kappa shape index (κ2) is 7.83. The van der Waals surface area contributed by atoms with Gasteiger partial charge in [-0.3, -0.25) is 14.6 Å². The molecule has 2 aromatic heterocycles. The Hall–Kier alpha value is -3.81. The van der Waals surface area contributed by atoms with Crippen molar-refractivity contribution in [2.75, 3.05) is 6.79 Å². The Balaban J connectivity index is 1.36. The first kappa shape index (κ1) is 17.6. The van der Waals surface area contributed by atoms with Crippen LogP contribution in [0.5, 0.6) is 11.5 Å². The average molecular weight is 379 g/mol. The van der Waals surface area contributed by atoms with Crippen LogP contribution in [0, 0.1) is 0 Å². The van der Waals surface area contributed by atoms with Crippen molar-refractivity contribution in [3.63, 3.8) is 0 Å². The minimum absolute atomic E-state index is 0.200. The van der Waals surface area contributed by atoms with Gasteiger partial charge in [0.15, 0.2) is 11.5 Å². The van der Waals surface area contributed by atoms with E-state index in [4.69, 9.17) is 13.9 Å². The second-order valence-electron chi connectivity index (χ2n) is 6.09. The number of carbonyl (C=O) groups is 2. The zero-order chi connectivity index (χ0) is 19.3. The first-order valence-electron chi connectivity index (χ1n) is 8.61. The zero-order valence-corrected chi connectivity index (χ0v) is 14.8. The molecule has 1 aliphatic heterocycles. The van der Waals surface area contributed by atoms with E-state index in [1.54, 1.807) is 18.2 Å². The van der Waals surface area contributed by atoms with Crippen LogP contribution in [0.15, 0.2) is 59.5 Å². The standard InChI is InChI=1S/C20H17N3O5/c24-19(22-8-13-3-4-17-18(6-13)28-12-27-17)14-7-15(10-21-9-14)20(25)23-11-16-2-1-5-26-16/h1-7,9-10H,8,11-12H2,(H,22,24)(H,23,25). The SMILES string of the molecule is O=C(NCc1ccc2c(c1)OCO2)c1cncc(C(=O)NCc2ccco2)c1. The molecule has 0 aliphatic carbocycles. The molecular weight excluding hydrogens is 362 g/mol. The van der Waals surface area contributed by atoms with Gasteiger partial charge in [0.25, 0.3) is 11.8 Å². The number of carbonyl (C=O) groups excluding carboxylic acids is 2. The van der Waals surface area contributed by atoms with E-state index in [1.165, 1.54) is 24.7 Å². The highest BCUT2D eigenvalue weighted by Crippen LogP contribution is 2.32. The summed E-state index contributed by atoms with van der Waals surface area (Å²) in [6.45, 7) is 0.766. The van der Waals surface area contributed by atoms with Crippen molar-refractivity contribution < 1.29 is 23.5 Å². The van der Waals surface area contributed by atoms with Crippen molar-refractivity contribution in [1.29, 1.82) is 0 Å². The fourth-order valence-electron chi connectivity index (χ4n) is 2.71. The average Bonchev–Trinajstić information content (AvgIpc) is 3.41. The Kier molecular flexibility index (Phi) is 4.92. The highest BCUT2D eigenvalue weighted by Gasteiger charge is 2.15. The van der Waals surface area contributed by atoms with Gasteiger partial charge in [-0.05, 0) is 35.9 Å². The van der Waals surface area contributed by atoms with E-state index in [9.17, 15) is 9.59 Å². The van der Waals surface area contributed by atoms with Crippen molar-refractivity contribution in [2.45, 2.75) is 13.1 Å². The van der Waals surface area contributed by atoms with Crippen LogP contribution in [0.1, 0.15) is 32.0 Å². The lowest BCUT2D eigenvalue weighted by Crippen LogP contribution is -2.25. The molecule has 28 heavy (non-hydrogen) atoms. The van der Waals surface area contributed by atoms with Gasteiger partial charge in [0.05, 0.1) is 23.9 Å². The highest BCUT2D eigenvalue weighted by atomic mass is 16.7. The molecule has 0 saturated carbocycles. The Morgan fingerprint density at radius 1 is 0.929 bits per heavy atom. The second-order valence-corrected chi connectivity index (χ2v) is 6.09. The lowest BCUT2D eigenvalue weighted by atomic mass is 10.1. The lowest BCUT2D eigenvalue weighted by Gasteiger charge is -2.08. The van der Waals surface area contributed by atoms with Gasteiger partial charge in [0.2, 0.25) is 6.79 Å². The van der Waals surface area contributed by atoms with Crippen LogP contribution in [0.2, 0.25) is 0 Å². The Bertz CT molecular complexity index is 1000. The van der Waals surface area contributed by atoms with E-state index in [0.717, 1.165) is 5.56 Å². The molecule has 0 spiro atoms. The number of hydrogen-bond donors (Lipinski definition) is 2. The number of ether oxygens (including phenoxy) is 2. The summed E-state index contributed by atoms with van der Waals surface area (Å²) in [7, 11) is 0. The van der Waals surface area contributed by atoms with Crippen molar-refractivity contribution in [3.8, 4) is 11.5 Å². The maximum absolute atomic E-state index is 12.4. The number of aromatic nitrogens is 1. The molecule has 4 rings (SSSR count). The smallest absolute Gasteiger partial charge is 0.253 e. The molecule has 0 saturated heterocycles. The number of benzene rings is 1. The summed E-state index contributed by atoms with van der Waals surface area (Å²) < 4.78 is 15.8. The normalized spacial score (nSPS) is 11.9. The maximum Gasteiger partial charge on any atom is 0.253 e. The van der Waals surface area contributed by atoms with Crippen LogP contribution >= 0.6 is 0 Å². The molecular formula is C20H17N3O5. The topological polar surface area (TPSA) is 103 Å². The van der Waals surface area contributed by atoms with Gasteiger partial charge in [-0.1, -0.05) is 6.07 Å². The van der Waals surface area contributed by atoms with E-state index in [-0.39, 0.29) is 25.2 Å². The number of nitrogens with zero attached hydrogens (tertiary/aromatic N) is 1. The van der Waals surface area contributed by atoms with Gasteiger partial charge < -0.3 is 24.5 Å². The van der Waals surface area contributed by atoms with E-state index in [0.29, 0.717) is 34.9 Å². The minimum atomic E-state index is -0.339. The summed E-state index contributed by atoms with van der Waals surface area (Å²) in [6.07, 6.45) is 4.36. The number of pyridine rings is 1. The third-order valence-electron chi connectivity index (χ3n) is 4.16. The lowest BCUT2D eigenvalue weighted by molar-refractivity contribution is 0.0947. The Labute approximate surface area is 160 Å². The van der Waals surface area contributed by atoms with Crippen LogP contribution < -0.4 is 20.1 Å². The van der Waals surface area contributed by atoms with Crippen LogP contribution in [-0.4, -0.2) is 23.6 Å². The summed E-state index contributed by atoms with van der Waals surface area (Å²) in [5.74, 6) is 1.32. The van der Waals surface area contributed by atoms with Gasteiger partial charge in [0.1, 0.15) is 5.76 Å². The summed E-state index contributed by atoms with van der Waals surface area (Å²) in [5.41, 5.74) is 1.46. The number of amides is 2. The molecule has 3 heterocycles. The quantitative estimate of drug-likeness (QED) is 0.681. The molecule has 142 valence electrons. The van der Waals surface area contributed by atoms with Gasteiger partial charge in [-0.25, -0.2) is 0 Å². The van der Waals surface area contributed by atoms with Crippen molar-refractivity contribution in [1.82, 2.24) is 15.6 Å². The Morgan fingerprint density at radius 2 is 1.68 bits per heavy atom. The van der Waals surface area contributed by atoms with Crippen molar-refractivity contribution >= 4 is 11.8 Å². The largest absolute Gasteiger partial charge is 0.467 e. The highest BCUT2D eigenvalue weighted by molar-refractivity contribution is 5.99. The molecule has 0 bridgehead atoms. The molecule has 3 aromatic rings. The fourth-order valence-corrected chi connectivity index (χ4v) is 2.71. The van der Waals surface area contributed by atoms with Crippen LogP contribution in [0.4, 0.5) is 0 Å². The maximum atomic E-state index is 12.4. The molecule has 8 heteroatoms. The van der Waals surface area contributed by atoms with Gasteiger partial charge in [-0.15, -0.1) is 0 Å². The van der Waals surface area contributed by atoms with Gasteiger partial charge in [0, 0.05) is 18.9 Å². The molecule has 1 aromatic carbocycles. The first-order valence-corrected chi connectivity index (χ1v) is 8.61. The third kappa shape index (κ3) is 3.96. The number of nitrogens with one attached hydrogen (secondary N) is 2. The first-order chi connectivity index (χ1) is 13.7. The zero-order valence-electron chi connectivity index (χ0n) is 14.8. The van der Waals surface area contributed by atoms with Crippen LogP contribution in [0.3, 0.4) is 0 Å². The predicted octanol–water partition coefficient (Wildman–Crippen LogP) is 2.26. The molecule has 0 unspecified atom stereocenters. The molecule has 0 atom stereocenters. The molecule has 8 nitrogen and oxygen atoms in total. The molecule has 1 aliphatic rings.